The van der Waals surface area contributed by atoms with Crippen LogP contribution in [0.2, 0.25) is 0 Å². The van der Waals surface area contributed by atoms with Gasteiger partial charge in [0.2, 0.25) is 0 Å². The number of fused-ring (bicyclic) bond motifs is 1. The highest BCUT2D eigenvalue weighted by Crippen LogP contribution is 2.46. The highest BCUT2D eigenvalue weighted by atomic mass is 127. The summed E-state index contributed by atoms with van der Waals surface area (Å²) in [5, 5.41) is 8.82. The normalized spacial score (nSPS) is 20.0. The molecule has 0 radical (unpaired) electrons. The summed E-state index contributed by atoms with van der Waals surface area (Å²) in [4.78, 5) is 13.1. The SMILES string of the molecule is CCCC[C@]1(CC)CN(c2ccccc2)c2cc(I)c(O/C=C/C(=O)O)cc2S(=O)(=O)C1. The summed E-state index contributed by atoms with van der Waals surface area (Å²) in [6.45, 7) is 4.79. The maximum absolute atomic E-state index is 13.7. The fraction of sp³-hybridized carbons (Fsp3) is 0.375. The van der Waals surface area contributed by atoms with E-state index in [9.17, 15) is 13.2 Å². The third-order valence-corrected chi connectivity index (χ3v) is 8.75. The molecule has 0 aromatic heterocycles. The van der Waals surface area contributed by atoms with Gasteiger partial charge in [0.05, 0.1) is 32.2 Å². The molecule has 1 heterocycles. The third kappa shape index (κ3) is 5.46. The minimum Gasteiger partial charge on any atom is -0.478 e. The number of carbonyl (C=O) groups is 1. The summed E-state index contributed by atoms with van der Waals surface area (Å²) < 4.78 is 33.5. The average Bonchev–Trinajstić information content (AvgIpc) is 2.85. The molecule has 1 aliphatic rings. The molecule has 0 fully saturated rings. The van der Waals surface area contributed by atoms with Crippen LogP contribution in [0.1, 0.15) is 39.5 Å². The van der Waals surface area contributed by atoms with E-state index in [4.69, 9.17) is 9.84 Å². The molecule has 0 unspecified atom stereocenters. The van der Waals surface area contributed by atoms with Crippen LogP contribution in [0, 0.1) is 8.99 Å². The largest absolute Gasteiger partial charge is 0.478 e. The molecule has 0 saturated carbocycles. The zero-order valence-corrected chi connectivity index (χ0v) is 21.2. The van der Waals surface area contributed by atoms with E-state index in [0.717, 1.165) is 43.7 Å². The first-order valence-electron chi connectivity index (χ1n) is 10.7. The minimum absolute atomic E-state index is 0.0673. The van der Waals surface area contributed by atoms with E-state index in [0.29, 0.717) is 21.6 Å². The van der Waals surface area contributed by atoms with Gasteiger partial charge in [-0.1, -0.05) is 44.9 Å². The molecule has 1 atom stereocenters. The van der Waals surface area contributed by atoms with E-state index in [1.54, 1.807) is 0 Å². The second kappa shape index (κ2) is 10.2. The molecule has 2 aromatic rings. The zero-order valence-electron chi connectivity index (χ0n) is 18.3. The lowest BCUT2D eigenvalue weighted by molar-refractivity contribution is -0.131. The summed E-state index contributed by atoms with van der Waals surface area (Å²) in [5.41, 5.74) is 1.19. The molecule has 6 nitrogen and oxygen atoms in total. The van der Waals surface area contributed by atoms with Crippen molar-refractivity contribution >= 4 is 49.8 Å². The van der Waals surface area contributed by atoms with Gasteiger partial charge < -0.3 is 14.7 Å². The average molecular weight is 569 g/mol. The van der Waals surface area contributed by atoms with Crippen molar-refractivity contribution < 1.29 is 23.1 Å². The van der Waals surface area contributed by atoms with Gasteiger partial charge in [0.15, 0.2) is 9.84 Å². The van der Waals surface area contributed by atoms with E-state index in [2.05, 4.69) is 41.3 Å². The Morgan fingerprint density at radius 2 is 1.97 bits per heavy atom. The number of para-hydroxylation sites is 1. The van der Waals surface area contributed by atoms with Crippen molar-refractivity contribution in [2.24, 2.45) is 5.41 Å². The number of unbranched alkanes of at least 4 members (excludes halogenated alkanes) is 1. The number of nitrogens with zero attached hydrogens (tertiary/aromatic N) is 1. The van der Waals surface area contributed by atoms with Crippen molar-refractivity contribution in [1.29, 1.82) is 0 Å². The molecule has 0 bridgehead atoms. The third-order valence-electron chi connectivity index (χ3n) is 5.91. The molecule has 8 heteroatoms. The molecule has 0 spiro atoms. The zero-order chi connectivity index (χ0) is 23.4. The molecule has 0 saturated heterocycles. The van der Waals surface area contributed by atoms with Gasteiger partial charge in [-0.05, 0) is 53.6 Å². The molecule has 2 aromatic carbocycles. The van der Waals surface area contributed by atoms with Crippen LogP contribution in [0.15, 0.2) is 59.7 Å². The van der Waals surface area contributed by atoms with Gasteiger partial charge in [0.1, 0.15) is 5.75 Å². The number of rotatable bonds is 8. The number of aliphatic carboxylic acids is 1. The number of benzene rings is 2. The molecule has 3 rings (SSSR count). The van der Waals surface area contributed by atoms with Crippen LogP contribution in [0.25, 0.3) is 0 Å². The number of anilines is 2. The summed E-state index contributed by atoms with van der Waals surface area (Å²) >= 11 is 2.09. The fourth-order valence-electron chi connectivity index (χ4n) is 4.12. The van der Waals surface area contributed by atoms with Gasteiger partial charge in [-0.15, -0.1) is 0 Å². The molecule has 0 aliphatic carbocycles. The number of hydrogen-bond acceptors (Lipinski definition) is 5. The van der Waals surface area contributed by atoms with Gasteiger partial charge in [0.25, 0.3) is 0 Å². The van der Waals surface area contributed by atoms with E-state index < -0.39 is 15.8 Å². The van der Waals surface area contributed by atoms with Gasteiger partial charge >= 0.3 is 5.97 Å². The summed E-state index contributed by atoms with van der Waals surface area (Å²) in [6.07, 6.45) is 5.49. The van der Waals surface area contributed by atoms with Crippen LogP contribution in [0.4, 0.5) is 11.4 Å². The predicted octanol–water partition coefficient (Wildman–Crippen LogP) is 5.78. The van der Waals surface area contributed by atoms with E-state index >= 15 is 0 Å². The first-order chi connectivity index (χ1) is 15.2. The highest BCUT2D eigenvalue weighted by Gasteiger charge is 2.41. The van der Waals surface area contributed by atoms with Gasteiger partial charge in [-0.2, -0.15) is 0 Å². The van der Waals surface area contributed by atoms with Gasteiger partial charge in [-0.3, -0.25) is 0 Å². The number of halogens is 1. The quantitative estimate of drug-likeness (QED) is 0.247. The summed E-state index contributed by atoms with van der Waals surface area (Å²) in [7, 11) is -3.62. The first kappa shape index (κ1) is 24.6. The van der Waals surface area contributed by atoms with Crippen molar-refractivity contribution in [3.05, 3.63) is 58.4 Å². The molecule has 32 heavy (non-hydrogen) atoms. The summed E-state index contributed by atoms with van der Waals surface area (Å²) in [5.74, 6) is -0.755. The van der Waals surface area contributed by atoms with E-state index in [1.807, 2.05) is 36.4 Å². The lowest BCUT2D eigenvalue weighted by Gasteiger charge is -2.36. The molecule has 1 N–H and O–H groups in total. The van der Waals surface area contributed by atoms with Crippen molar-refractivity contribution in [2.45, 2.75) is 44.4 Å². The second-order valence-corrected chi connectivity index (χ2v) is 11.3. The smallest absolute Gasteiger partial charge is 0.331 e. The van der Waals surface area contributed by atoms with Crippen LogP contribution >= 0.6 is 22.6 Å². The second-order valence-electron chi connectivity index (χ2n) is 8.15. The maximum atomic E-state index is 13.7. The maximum Gasteiger partial charge on any atom is 0.331 e. The standard InChI is InChI=1S/C24H28INO5S/c1-3-5-12-24(4-2)16-26(18-9-7-6-8-10-18)20-14-19(25)21(31-13-11-23(27)28)15-22(20)32(29,30)17-24/h6-11,13-15H,3-5,12,16-17H2,1-2H3,(H,27,28)/b13-11+/t24-/m1/s1. The Kier molecular flexibility index (Phi) is 7.87. The Balaban J connectivity index is 2.19. The van der Waals surface area contributed by atoms with Crippen LogP contribution in [0.3, 0.4) is 0 Å². The van der Waals surface area contributed by atoms with E-state index in [1.165, 1.54) is 6.07 Å². The molecular weight excluding hydrogens is 541 g/mol. The number of carboxylic acids is 1. The van der Waals surface area contributed by atoms with Gasteiger partial charge in [-0.25, -0.2) is 13.2 Å². The van der Waals surface area contributed by atoms with Crippen molar-refractivity contribution in [3.8, 4) is 5.75 Å². The minimum atomic E-state index is -3.62. The Labute approximate surface area is 203 Å². The predicted molar refractivity (Wildman–Crippen MR) is 134 cm³/mol. The monoisotopic (exact) mass is 569 g/mol. The fourth-order valence-corrected chi connectivity index (χ4v) is 6.87. The topological polar surface area (TPSA) is 83.9 Å². The number of hydrogen-bond donors (Lipinski definition) is 1. The Morgan fingerprint density at radius 3 is 2.59 bits per heavy atom. The molecule has 1 aliphatic heterocycles. The van der Waals surface area contributed by atoms with Gasteiger partial charge in [0, 0.05) is 23.7 Å². The van der Waals surface area contributed by atoms with Crippen LogP contribution in [0.5, 0.6) is 5.75 Å². The van der Waals surface area contributed by atoms with Crippen molar-refractivity contribution in [1.82, 2.24) is 0 Å². The van der Waals surface area contributed by atoms with E-state index in [-0.39, 0.29) is 16.1 Å². The molecule has 0 amide bonds. The van der Waals surface area contributed by atoms with Crippen LogP contribution in [-0.4, -0.2) is 31.8 Å². The van der Waals surface area contributed by atoms with Crippen LogP contribution in [-0.2, 0) is 14.6 Å². The lowest BCUT2D eigenvalue weighted by Crippen LogP contribution is -2.37. The lowest BCUT2D eigenvalue weighted by atomic mass is 9.81. The van der Waals surface area contributed by atoms with Crippen molar-refractivity contribution in [3.63, 3.8) is 0 Å². The van der Waals surface area contributed by atoms with Crippen LogP contribution < -0.4 is 9.64 Å². The molecule has 172 valence electrons. The first-order valence-corrected chi connectivity index (χ1v) is 13.4. The highest BCUT2D eigenvalue weighted by molar-refractivity contribution is 14.1. The van der Waals surface area contributed by atoms with Crippen molar-refractivity contribution in [2.75, 3.05) is 17.2 Å². The number of carboxylic acid groups (broad SMARTS) is 1. The Hall–Kier alpha value is -2.07. The Morgan fingerprint density at radius 1 is 1.25 bits per heavy atom. The summed E-state index contributed by atoms with van der Waals surface area (Å²) in [6, 6.07) is 13.2. The molecular formula is C24H28INO5S. The number of sulfone groups is 1. The Bertz CT molecular complexity index is 1100. The number of ether oxygens (including phenoxy) is 1.